The summed E-state index contributed by atoms with van der Waals surface area (Å²) in [5.41, 5.74) is 0. The van der Waals surface area contributed by atoms with E-state index >= 15 is 0 Å². The van der Waals surface area contributed by atoms with Gasteiger partial charge in [0.05, 0.1) is 0 Å². The van der Waals surface area contributed by atoms with Gasteiger partial charge < -0.3 is 10.6 Å². The number of hydrogen-bond acceptors (Lipinski definition) is 1. The standard InChI is InChI=1S/C8H16BrN3.HI/c1-6(2)12-8(10-4)11-5-7(3)9;/h6H,3,5H2,1-2,4H3,(H2,10,11,12);1H. The molecule has 0 bridgehead atoms. The van der Waals surface area contributed by atoms with Crippen LogP contribution in [0.1, 0.15) is 13.8 Å². The lowest BCUT2D eigenvalue weighted by Gasteiger charge is -2.13. The SMILES string of the molecule is C=C(Br)CNC(=NC)NC(C)C.I. The highest BCUT2D eigenvalue weighted by molar-refractivity contribution is 14.0. The van der Waals surface area contributed by atoms with Crippen molar-refractivity contribution in [3.8, 4) is 0 Å². The molecule has 0 saturated heterocycles. The van der Waals surface area contributed by atoms with E-state index in [-0.39, 0.29) is 24.0 Å². The smallest absolute Gasteiger partial charge is 0.191 e. The third-order valence-electron chi connectivity index (χ3n) is 1.10. The molecule has 0 saturated carbocycles. The van der Waals surface area contributed by atoms with Gasteiger partial charge in [0.15, 0.2) is 5.96 Å². The van der Waals surface area contributed by atoms with Crippen LogP contribution in [0.4, 0.5) is 0 Å². The average Bonchev–Trinajstić information content (AvgIpc) is 1.97. The molecule has 0 atom stereocenters. The number of nitrogens with one attached hydrogen (secondary N) is 2. The Bertz CT molecular complexity index is 180. The molecular formula is C8H17BrIN3. The van der Waals surface area contributed by atoms with Crippen molar-refractivity contribution >= 4 is 45.9 Å². The Labute approximate surface area is 106 Å². The van der Waals surface area contributed by atoms with Gasteiger partial charge in [-0.3, -0.25) is 4.99 Å². The zero-order chi connectivity index (χ0) is 9.56. The summed E-state index contributed by atoms with van der Waals surface area (Å²) >= 11 is 3.26. The summed E-state index contributed by atoms with van der Waals surface area (Å²) in [7, 11) is 1.74. The normalized spacial score (nSPS) is 10.7. The molecular weight excluding hydrogens is 345 g/mol. The average molecular weight is 362 g/mol. The molecule has 0 unspecified atom stereocenters. The van der Waals surface area contributed by atoms with Crippen LogP contribution in [-0.4, -0.2) is 25.6 Å². The van der Waals surface area contributed by atoms with Gasteiger partial charge in [0, 0.05) is 24.1 Å². The molecule has 0 rings (SSSR count). The second kappa shape index (κ2) is 8.80. The molecule has 0 aromatic carbocycles. The van der Waals surface area contributed by atoms with Gasteiger partial charge in [-0.15, -0.1) is 24.0 Å². The van der Waals surface area contributed by atoms with E-state index in [1.807, 2.05) is 0 Å². The molecule has 0 aromatic rings. The molecule has 3 nitrogen and oxygen atoms in total. The summed E-state index contributed by atoms with van der Waals surface area (Å²) in [6, 6.07) is 0.389. The van der Waals surface area contributed by atoms with Gasteiger partial charge in [0.2, 0.25) is 0 Å². The minimum atomic E-state index is 0. The Morgan fingerprint density at radius 2 is 2.08 bits per heavy atom. The Morgan fingerprint density at radius 1 is 1.54 bits per heavy atom. The highest BCUT2D eigenvalue weighted by atomic mass is 127. The third kappa shape index (κ3) is 10.1. The Kier molecular flexibility index (Phi) is 10.6. The molecule has 0 aliphatic carbocycles. The van der Waals surface area contributed by atoms with Crippen molar-refractivity contribution in [3.05, 3.63) is 11.1 Å². The first kappa shape index (κ1) is 15.7. The largest absolute Gasteiger partial charge is 0.354 e. The predicted octanol–water partition coefficient (Wildman–Crippen LogP) is 2.09. The number of guanidine groups is 1. The van der Waals surface area contributed by atoms with Crippen molar-refractivity contribution in [2.24, 2.45) is 4.99 Å². The van der Waals surface area contributed by atoms with Gasteiger partial charge in [-0.05, 0) is 13.8 Å². The first-order valence-electron chi connectivity index (χ1n) is 3.86. The van der Waals surface area contributed by atoms with Crippen LogP contribution in [-0.2, 0) is 0 Å². The Morgan fingerprint density at radius 3 is 2.38 bits per heavy atom. The van der Waals surface area contributed by atoms with Crippen LogP contribution in [0.3, 0.4) is 0 Å². The summed E-state index contributed by atoms with van der Waals surface area (Å²) in [6.45, 7) is 8.53. The van der Waals surface area contributed by atoms with Crippen molar-refractivity contribution in [3.63, 3.8) is 0 Å². The maximum Gasteiger partial charge on any atom is 0.191 e. The van der Waals surface area contributed by atoms with Gasteiger partial charge in [-0.25, -0.2) is 0 Å². The van der Waals surface area contributed by atoms with E-state index in [2.05, 4.69) is 52.0 Å². The second-order valence-electron chi connectivity index (χ2n) is 2.74. The van der Waals surface area contributed by atoms with E-state index in [4.69, 9.17) is 0 Å². The minimum Gasteiger partial charge on any atom is -0.354 e. The summed E-state index contributed by atoms with van der Waals surface area (Å²) in [6.07, 6.45) is 0. The monoisotopic (exact) mass is 361 g/mol. The van der Waals surface area contributed by atoms with Gasteiger partial charge >= 0.3 is 0 Å². The van der Waals surface area contributed by atoms with Crippen LogP contribution in [0.5, 0.6) is 0 Å². The fourth-order valence-electron chi connectivity index (χ4n) is 0.648. The number of rotatable bonds is 3. The van der Waals surface area contributed by atoms with Gasteiger partial charge in [0.1, 0.15) is 0 Å². The summed E-state index contributed by atoms with van der Waals surface area (Å²) in [5.74, 6) is 0.797. The molecule has 5 heteroatoms. The minimum absolute atomic E-state index is 0. The molecule has 0 spiro atoms. The highest BCUT2D eigenvalue weighted by Gasteiger charge is 1.98. The van der Waals surface area contributed by atoms with Crippen LogP contribution < -0.4 is 10.6 Å². The molecule has 78 valence electrons. The predicted molar refractivity (Wildman–Crippen MR) is 73.1 cm³/mol. The van der Waals surface area contributed by atoms with E-state index in [0.29, 0.717) is 12.6 Å². The lowest BCUT2D eigenvalue weighted by molar-refractivity contribution is 0.709. The molecule has 0 amide bonds. The fourth-order valence-corrected chi connectivity index (χ4v) is 0.788. The van der Waals surface area contributed by atoms with Crippen LogP contribution >= 0.6 is 39.9 Å². The number of nitrogens with zero attached hydrogens (tertiary/aromatic N) is 1. The third-order valence-corrected chi connectivity index (χ3v) is 1.38. The summed E-state index contributed by atoms with van der Waals surface area (Å²) in [4.78, 5) is 4.03. The number of halogens is 2. The van der Waals surface area contributed by atoms with Gasteiger partial charge in [0.25, 0.3) is 0 Å². The Balaban J connectivity index is 0. The molecule has 13 heavy (non-hydrogen) atoms. The number of hydrogen-bond donors (Lipinski definition) is 2. The first-order valence-corrected chi connectivity index (χ1v) is 4.66. The van der Waals surface area contributed by atoms with Crippen molar-refractivity contribution in [1.82, 2.24) is 10.6 Å². The fraction of sp³-hybridized carbons (Fsp3) is 0.625. The summed E-state index contributed by atoms with van der Waals surface area (Å²) in [5, 5.41) is 6.25. The number of aliphatic imine (C=N–C) groups is 1. The zero-order valence-corrected chi connectivity index (χ0v) is 12.1. The van der Waals surface area contributed by atoms with Crippen LogP contribution in [0, 0.1) is 0 Å². The van der Waals surface area contributed by atoms with E-state index < -0.39 is 0 Å². The van der Waals surface area contributed by atoms with E-state index in [9.17, 15) is 0 Å². The maximum absolute atomic E-state index is 4.03. The maximum atomic E-state index is 4.03. The van der Waals surface area contributed by atoms with Gasteiger partial charge in [-0.2, -0.15) is 0 Å². The molecule has 0 aliphatic heterocycles. The first-order chi connectivity index (χ1) is 5.56. The zero-order valence-electron chi connectivity index (χ0n) is 8.22. The lowest BCUT2D eigenvalue weighted by atomic mass is 10.4. The quantitative estimate of drug-likeness (QED) is 0.458. The molecule has 0 aliphatic rings. The molecule has 0 fully saturated rings. The van der Waals surface area contributed by atoms with Crippen molar-refractivity contribution < 1.29 is 0 Å². The molecule has 2 N–H and O–H groups in total. The molecule has 0 radical (unpaired) electrons. The van der Waals surface area contributed by atoms with Crippen molar-refractivity contribution in [1.29, 1.82) is 0 Å². The van der Waals surface area contributed by atoms with Crippen molar-refractivity contribution in [2.75, 3.05) is 13.6 Å². The summed E-state index contributed by atoms with van der Waals surface area (Å²) < 4.78 is 0.911. The molecule has 0 heterocycles. The van der Waals surface area contributed by atoms with Crippen LogP contribution in [0.15, 0.2) is 16.1 Å². The lowest BCUT2D eigenvalue weighted by Crippen LogP contribution is -2.41. The highest BCUT2D eigenvalue weighted by Crippen LogP contribution is 1.96. The van der Waals surface area contributed by atoms with Crippen LogP contribution in [0.2, 0.25) is 0 Å². The van der Waals surface area contributed by atoms with E-state index in [1.165, 1.54) is 0 Å². The second-order valence-corrected chi connectivity index (χ2v) is 3.86. The van der Waals surface area contributed by atoms with Crippen LogP contribution in [0.25, 0.3) is 0 Å². The van der Waals surface area contributed by atoms with E-state index in [0.717, 1.165) is 10.4 Å². The van der Waals surface area contributed by atoms with E-state index in [1.54, 1.807) is 7.05 Å². The Hall–Kier alpha value is 0.220. The molecule has 0 aromatic heterocycles. The topological polar surface area (TPSA) is 36.4 Å². The van der Waals surface area contributed by atoms with Gasteiger partial charge in [-0.1, -0.05) is 22.5 Å². The van der Waals surface area contributed by atoms with Crippen molar-refractivity contribution in [2.45, 2.75) is 19.9 Å².